The molecule has 0 aromatic carbocycles. The first-order valence-electron chi connectivity index (χ1n) is 12.3. The topological polar surface area (TPSA) is 92.3 Å². The van der Waals surface area contributed by atoms with Crippen LogP contribution in [0.1, 0.15) is 46.0 Å². The molecule has 1 saturated carbocycles. The molecule has 2 aliphatic rings. The van der Waals surface area contributed by atoms with Crippen LogP contribution in [-0.4, -0.2) is 77.9 Å². The van der Waals surface area contributed by atoms with Crippen molar-refractivity contribution in [1.29, 1.82) is 0 Å². The molecule has 0 bridgehead atoms. The highest BCUT2D eigenvalue weighted by Gasteiger charge is 2.49. The number of nitrogens with one attached hydrogen (secondary N) is 1. The molecule has 1 amide bonds. The van der Waals surface area contributed by atoms with E-state index in [0.29, 0.717) is 90.2 Å². The van der Waals surface area contributed by atoms with Gasteiger partial charge in [0.25, 0.3) is 0 Å². The zero-order chi connectivity index (χ0) is 23.7. The van der Waals surface area contributed by atoms with Crippen LogP contribution < -0.4 is 5.32 Å². The lowest BCUT2D eigenvalue weighted by atomic mass is 10.1. The van der Waals surface area contributed by atoms with E-state index in [-0.39, 0.29) is 17.8 Å². The summed E-state index contributed by atoms with van der Waals surface area (Å²) >= 11 is 0. The van der Waals surface area contributed by atoms with Gasteiger partial charge in [0.15, 0.2) is 0 Å². The number of rotatable bonds is 18. The maximum absolute atomic E-state index is 11.8. The minimum atomic E-state index is -0.377. The van der Waals surface area contributed by atoms with Crippen LogP contribution in [0.2, 0.25) is 0 Å². The van der Waals surface area contributed by atoms with Crippen molar-refractivity contribution in [1.82, 2.24) is 5.32 Å². The van der Waals surface area contributed by atoms with Crippen LogP contribution in [0.5, 0.6) is 0 Å². The Hall–Kier alpha value is -1.66. The molecule has 33 heavy (non-hydrogen) atoms. The average Bonchev–Trinajstić information content (AvgIpc) is 3.43. The van der Waals surface area contributed by atoms with Gasteiger partial charge in [-0.1, -0.05) is 13.8 Å². The monoisotopic (exact) mass is 467 g/mol. The van der Waals surface area contributed by atoms with Crippen LogP contribution in [0, 0.1) is 35.5 Å². The first kappa shape index (κ1) is 27.6. The molecule has 1 fully saturated rings. The Morgan fingerprint density at radius 1 is 0.818 bits per heavy atom. The number of fused-ring (bicyclic) bond motifs is 1. The van der Waals surface area contributed by atoms with Gasteiger partial charge >= 0.3 is 6.09 Å². The predicted molar refractivity (Wildman–Crippen MR) is 124 cm³/mol. The van der Waals surface area contributed by atoms with Crippen molar-refractivity contribution in [3.05, 3.63) is 0 Å². The Morgan fingerprint density at radius 2 is 1.33 bits per heavy atom. The van der Waals surface area contributed by atoms with E-state index in [1.54, 1.807) is 0 Å². The Labute approximate surface area is 198 Å². The van der Waals surface area contributed by atoms with Crippen molar-refractivity contribution < 1.29 is 33.3 Å². The summed E-state index contributed by atoms with van der Waals surface area (Å²) < 4.78 is 27.0. The van der Waals surface area contributed by atoms with Crippen molar-refractivity contribution in [2.24, 2.45) is 23.7 Å². The Morgan fingerprint density at radius 3 is 1.88 bits per heavy atom. The van der Waals surface area contributed by atoms with Crippen LogP contribution in [0.3, 0.4) is 0 Å². The first-order valence-corrected chi connectivity index (χ1v) is 12.3. The molecule has 8 nitrogen and oxygen atoms in total. The second-order valence-electron chi connectivity index (χ2n) is 8.77. The van der Waals surface area contributed by atoms with Crippen molar-refractivity contribution in [3.63, 3.8) is 0 Å². The van der Waals surface area contributed by atoms with E-state index in [2.05, 4.69) is 17.2 Å². The number of hydrogen-bond acceptors (Lipinski definition) is 7. The predicted octanol–water partition coefficient (Wildman–Crippen LogP) is 2.83. The number of hydrogen-bond donors (Lipinski definition) is 1. The smallest absolute Gasteiger partial charge is 0.407 e. The van der Waals surface area contributed by atoms with Gasteiger partial charge in [-0.05, 0) is 30.6 Å². The van der Waals surface area contributed by atoms with E-state index < -0.39 is 0 Å². The Bertz CT molecular complexity index is 610. The molecule has 0 spiro atoms. The molecule has 0 aromatic rings. The summed E-state index contributed by atoms with van der Waals surface area (Å²) in [5.41, 5.74) is 0. The van der Waals surface area contributed by atoms with Crippen molar-refractivity contribution in [3.8, 4) is 11.8 Å². The molecule has 8 heteroatoms. The average molecular weight is 468 g/mol. The van der Waals surface area contributed by atoms with Gasteiger partial charge in [0.1, 0.15) is 5.78 Å². The maximum Gasteiger partial charge on any atom is 0.407 e. The number of ether oxygens (including phenoxy) is 5. The Kier molecular flexibility index (Phi) is 14.1. The quantitative estimate of drug-likeness (QED) is 0.245. The van der Waals surface area contributed by atoms with Crippen LogP contribution >= 0.6 is 0 Å². The third kappa shape index (κ3) is 12.4. The highest BCUT2D eigenvalue weighted by atomic mass is 16.6. The van der Waals surface area contributed by atoms with Gasteiger partial charge in [0.2, 0.25) is 0 Å². The molecule has 1 N–H and O–H groups in total. The fourth-order valence-electron chi connectivity index (χ4n) is 3.95. The number of alkyl carbamates (subject to hydrolysis) is 1. The van der Waals surface area contributed by atoms with Gasteiger partial charge in [-0.15, -0.1) is 11.8 Å². The van der Waals surface area contributed by atoms with E-state index in [4.69, 9.17) is 23.7 Å². The molecule has 2 rings (SSSR count). The van der Waals surface area contributed by atoms with Gasteiger partial charge in [-0.3, -0.25) is 4.79 Å². The van der Waals surface area contributed by atoms with Crippen LogP contribution in [0.15, 0.2) is 0 Å². The molecule has 0 aromatic heterocycles. The fraction of sp³-hybridized carbons (Fsp3) is 0.840. The van der Waals surface area contributed by atoms with E-state index in [1.807, 2.05) is 13.8 Å². The molecule has 2 atom stereocenters. The molecular formula is C25H41NO7. The summed E-state index contributed by atoms with van der Waals surface area (Å²) in [6.45, 7) is 8.40. The van der Waals surface area contributed by atoms with E-state index in [9.17, 15) is 9.59 Å². The van der Waals surface area contributed by atoms with Crippen LogP contribution in [0.25, 0.3) is 0 Å². The van der Waals surface area contributed by atoms with Gasteiger partial charge in [-0.2, -0.15) is 0 Å². The summed E-state index contributed by atoms with van der Waals surface area (Å²) in [7, 11) is 0. The summed E-state index contributed by atoms with van der Waals surface area (Å²) in [6.07, 6.45) is 4.27. The standard InChI is InChI=1S/C25H41NO7/c1-20(2)24(27)9-11-29-13-15-31-17-18-32-16-14-30-12-10-26-25(28)33-19-23-21-7-5-3-4-6-8-22(21)23/h20-23H,5-19H2,1-2H3,(H,26,28). The summed E-state index contributed by atoms with van der Waals surface area (Å²) in [5, 5.41) is 2.72. The van der Waals surface area contributed by atoms with E-state index >= 15 is 0 Å². The van der Waals surface area contributed by atoms with Gasteiger partial charge in [0.05, 0.1) is 59.5 Å². The Balaban J connectivity index is 1.28. The van der Waals surface area contributed by atoms with Crippen molar-refractivity contribution >= 4 is 11.9 Å². The lowest BCUT2D eigenvalue weighted by molar-refractivity contribution is -0.123. The van der Waals surface area contributed by atoms with Gasteiger partial charge in [-0.25, -0.2) is 4.79 Å². The number of carbonyl (C=O) groups is 2. The molecule has 2 aliphatic carbocycles. The summed E-state index contributed by atoms with van der Waals surface area (Å²) in [6, 6.07) is 0. The van der Waals surface area contributed by atoms with Crippen LogP contribution in [0.4, 0.5) is 4.79 Å². The number of ketones is 1. The zero-order valence-corrected chi connectivity index (χ0v) is 20.3. The number of Topliss-reactive ketones (excluding diaryl/α,β-unsaturated/α-hetero) is 1. The number of amides is 1. The fourth-order valence-corrected chi connectivity index (χ4v) is 3.95. The number of carbonyl (C=O) groups excluding carboxylic acids is 2. The minimum absolute atomic E-state index is 0.0612. The largest absolute Gasteiger partial charge is 0.449 e. The third-order valence-electron chi connectivity index (χ3n) is 6.01. The molecule has 0 saturated heterocycles. The molecular weight excluding hydrogens is 426 g/mol. The SMILES string of the molecule is CC(C)C(=O)CCOCCOCCOCCOCCNC(=O)OCC1C2CCC#CCCC21. The lowest BCUT2D eigenvalue weighted by Crippen LogP contribution is -2.29. The van der Waals surface area contributed by atoms with E-state index in [1.165, 1.54) is 0 Å². The summed E-state index contributed by atoms with van der Waals surface area (Å²) in [4.78, 5) is 23.3. The van der Waals surface area contributed by atoms with Crippen molar-refractivity contribution in [2.45, 2.75) is 46.0 Å². The van der Waals surface area contributed by atoms with Crippen LogP contribution in [-0.2, 0) is 28.5 Å². The lowest BCUT2D eigenvalue weighted by Gasteiger charge is -2.09. The van der Waals surface area contributed by atoms with Gasteiger partial charge in [0, 0.05) is 31.7 Å². The molecule has 0 radical (unpaired) electrons. The van der Waals surface area contributed by atoms with Crippen molar-refractivity contribution in [2.75, 3.05) is 66.0 Å². The molecule has 0 heterocycles. The molecule has 188 valence electrons. The summed E-state index contributed by atoms with van der Waals surface area (Å²) in [5.74, 6) is 8.53. The molecule has 2 unspecified atom stereocenters. The highest BCUT2D eigenvalue weighted by Crippen LogP contribution is 2.52. The second kappa shape index (κ2) is 16.9. The second-order valence-corrected chi connectivity index (χ2v) is 8.77. The molecule has 0 aliphatic heterocycles. The minimum Gasteiger partial charge on any atom is -0.449 e. The highest BCUT2D eigenvalue weighted by molar-refractivity contribution is 5.80. The third-order valence-corrected chi connectivity index (χ3v) is 6.01. The normalized spacial score (nSPS) is 21.4. The van der Waals surface area contributed by atoms with E-state index in [0.717, 1.165) is 25.7 Å². The maximum atomic E-state index is 11.8. The first-order chi connectivity index (χ1) is 16.1. The zero-order valence-electron chi connectivity index (χ0n) is 20.3. The van der Waals surface area contributed by atoms with Gasteiger partial charge < -0.3 is 29.0 Å².